The Hall–Kier alpha value is -1.42. The van der Waals surface area contributed by atoms with E-state index in [-0.39, 0.29) is 5.82 Å². The maximum absolute atomic E-state index is 13.4. The van der Waals surface area contributed by atoms with Crippen LogP contribution < -0.4 is 5.73 Å². The SMILES string of the molecule is Cc1ccc(F)c(-c2csc(N)n2)c1. The molecule has 2 N–H and O–H groups in total. The lowest BCUT2D eigenvalue weighted by molar-refractivity contribution is 0.630. The number of aromatic nitrogens is 1. The molecule has 0 saturated carbocycles. The third kappa shape index (κ3) is 1.61. The lowest BCUT2D eigenvalue weighted by atomic mass is 10.1. The second kappa shape index (κ2) is 3.38. The number of thiazole rings is 1. The molecule has 0 unspecified atom stereocenters. The highest BCUT2D eigenvalue weighted by molar-refractivity contribution is 7.13. The van der Waals surface area contributed by atoms with Crippen molar-refractivity contribution in [2.45, 2.75) is 6.92 Å². The topological polar surface area (TPSA) is 38.9 Å². The molecule has 0 aliphatic rings. The fourth-order valence-electron chi connectivity index (χ4n) is 1.25. The van der Waals surface area contributed by atoms with Crippen LogP contribution in [0.5, 0.6) is 0 Å². The largest absolute Gasteiger partial charge is 0.375 e. The zero-order chi connectivity index (χ0) is 10.1. The Balaban J connectivity index is 2.55. The highest BCUT2D eigenvalue weighted by Gasteiger charge is 2.07. The number of rotatable bonds is 1. The van der Waals surface area contributed by atoms with E-state index in [9.17, 15) is 4.39 Å². The van der Waals surface area contributed by atoms with Crippen LogP contribution in [0.2, 0.25) is 0 Å². The number of nitrogens with zero attached hydrogens (tertiary/aromatic N) is 1. The molecule has 0 aliphatic heterocycles. The summed E-state index contributed by atoms with van der Waals surface area (Å²) < 4.78 is 13.4. The lowest BCUT2D eigenvalue weighted by Crippen LogP contribution is -1.87. The number of nitrogens with two attached hydrogens (primary N) is 1. The molecule has 4 heteroatoms. The predicted octanol–water partition coefficient (Wildman–Crippen LogP) is 2.84. The Morgan fingerprint density at radius 2 is 2.21 bits per heavy atom. The van der Waals surface area contributed by atoms with Gasteiger partial charge in [-0.2, -0.15) is 0 Å². The molecule has 1 heterocycles. The summed E-state index contributed by atoms with van der Waals surface area (Å²) in [7, 11) is 0. The third-order valence-corrected chi connectivity index (χ3v) is 2.59. The highest BCUT2D eigenvalue weighted by Crippen LogP contribution is 2.26. The van der Waals surface area contributed by atoms with Crippen LogP contribution in [0.4, 0.5) is 9.52 Å². The molecule has 14 heavy (non-hydrogen) atoms. The average Bonchev–Trinajstić information content (AvgIpc) is 2.56. The van der Waals surface area contributed by atoms with Crippen LogP contribution in [0.3, 0.4) is 0 Å². The summed E-state index contributed by atoms with van der Waals surface area (Å²) in [6, 6.07) is 4.94. The van der Waals surface area contributed by atoms with Gasteiger partial charge in [0.25, 0.3) is 0 Å². The monoisotopic (exact) mass is 208 g/mol. The molecular weight excluding hydrogens is 199 g/mol. The van der Waals surface area contributed by atoms with Crippen LogP contribution in [0.25, 0.3) is 11.3 Å². The van der Waals surface area contributed by atoms with Gasteiger partial charge in [-0.3, -0.25) is 0 Å². The molecule has 0 aliphatic carbocycles. The second-order valence-electron chi connectivity index (χ2n) is 3.05. The van der Waals surface area contributed by atoms with Crippen molar-refractivity contribution in [3.63, 3.8) is 0 Å². The van der Waals surface area contributed by atoms with Crippen molar-refractivity contribution in [2.75, 3.05) is 5.73 Å². The molecule has 0 amide bonds. The first-order chi connectivity index (χ1) is 6.66. The van der Waals surface area contributed by atoms with Crippen molar-refractivity contribution in [1.29, 1.82) is 0 Å². The third-order valence-electron chi connectivity index (χ3n) is 1.92. The molecule has 0 radical (unpaired) electrons. The van der Waals surface area contributed by atoms with E-state index in [0.29, 0.717) is 16.4 Å². The normalized spacial score (nSPS) is 10.4. The molecule has 72 valence electrons. The maximum atomic E-state index is 13.4. The first kappa shape index (κ1) is 9.15. The van der Waals surface area contributed by atoms with Gasteiger partial charge in [-0.15, -0.1) is 11.3 Å². The first-order valence-electron chi connectivity index (χ1n) is 4.14. The fraction of sp³-hybridized carbons (Fsp3) is 0.100. The van der Waals surface area contributed by atoms with Crippen LogP contribution in [0, 0.1) is 12.7 Å². The van der Waals surface area contributed by atoms with Crippen LogP contribution >= 0.6 is 11.3 Å². The van der Waals surface area contributed by atoms with Gasteiger partial charge in [-0.25, -0.2) is 9.37 Å². The lowest BCUT2D eigenvalue weighted by Gasteiger charge is -2.00. The Morgan fingerprint density at radius 1 is 1.43 bits per heavy atom. The van der Waals surface area contributed by atoms with Crippen LogP contribution in [0.1, 0.15) is 5.56 Å². The summed E-state index contributed by atoms with van der Waals surface area (Å²) in [5, 5.41) is 2.22. The average molecular weight is 208 g/mol. The molecule has 0 saturated heterocycles. The molecule has 2 aromatic rings. The second-order valence-corrected chi connectivity index (χ2v) is 3.94. The van der Waals surface area contributed by atoms with Gasteiger partial charge in [0.15, 0.2) is 5.13 Å². The van der Waals surface area contributed by atoms with Crippen LogP contribution in [-0.4, -0.2) is 4.98 Å². The summed E-state index contributed by atoms with van der Waals surface area (Å²) in [5.74, 6) is -0.263. The van der Waals surface area contributed by atoms with Gasteiger partial charge in [-0.1, -0.05) is 11.6 Å². The molecule has 0 spiro atoms. The smallest absolute Gasteiger partial charge is 0.180 e. The summed E-state index contributed by atoms with van der Waals surface area (Å²) in [5.41, 5.74) is 7.61. The van der Waals surface area contributed by atoms with E-state index in [1.807, 2.05) is 6.92 Å². The molecular formula is C10H9FN2S. The van der Waals surface area contributed by atoms with Gasteiger partial charge in [0.05, 0.1) is 5.69 Å². The van der Waals surface area contributed by atoms with Crippen molar-refractivity contribution >= 4 is 16.5 Å². The standard InChI is InChI=1S/C10H9FN2S/c1-6-2-3-8(11)7(4-6)9-5-14-10(12)13-9/h2-5H,1H3,(H2,12,13). The minimum atomic E-state index is -0.263. The molecule has 0 atom stereocenters. The number of anilines is 1. The Labute approximate surface area is 85.2 Å². The van der Waals surface area contributed by atoms with Gasteiger partial charge >= 0.3 is 0 Å². The number of aryl methyl sites for hydroxylation is 1. The summed E-state index contributed by atoms with van der Waals surface area (Å²) in [6.07, 6.45) is 0. The number of hydrogen-bond acceptors (Lipinski definition) is 3. The minimum Gasteiger partial charge on any atom is -0.375 e. The van der Waals surface area contributed by atoms with E-state index in [0.717, 1.165) is 5.56 Å². The maximum Gasteiger partial charge on any atom is 0.180 e. The number of nitrogen functional groups attached to an aromatic ring is 1. The zero-order valence-corrected chi connectivity index (χ0v) is 8.44. The summed E-state index contributed by atoms with van der Waals surface area (Å²) in [4.78, 5) is 4.04. The van der Waals surface area contributed by atoms with Gasteiger partial charge in [0.2, 0.25) is 0 Å². The predicted molar refractivity (Wildman–Crippen MR) is 56.7 cm³/mol. The van der Waals surface area contributed by atoms with E-state index in [1.54, 1.807) is 17.5 Å². The van der Waals surface area contributed by atoms with Crippen LogP contribution in [0.15, 0.2) is 23.6 Å². The van der Waals surface area contributed by atoms with Gasteiger partial charge in [0, 0.05) is 10.9 Å². The van der Waals surface area contributed by atoms with Crippen molar-refractivity contribution in [3.05, 3.63) is 35.0 Å². The Kier molecular flexibility index (Phi) is 2.21. The van der Waals surface area contributed by atoms with E-state index < -0.39 is 0 Å². The Bertz CT molecular complexity index is 465. The van der Waals surface area contributed by atoms with Crippen molar-refractivity contribution in [2.24, 2.45) is 0 Å². The Morgan fingerprint density at radius 3 is 2.86 bits per heavy atom. The van der Waals surface area contributed by atoms with E-state index in [2.05, 4.69) is 4.98 Å². The van der Waals surface area contributed by atoms with Crippen molar-refractivity contribution in [3.8, 4) is 11.3 Å². The van der Waals surface area contributed by atoms with Crippen molar-refractivity contribution < 1.29 is 4.39 Å². The molecule has 2 nitrogen and oxygen atoms in total. The minimum absolute atomic E-state index is 0.263. The van der Waals surface area contributed by atoms with E-state index in [1.165, 1.54) is 17.4 Å². The van der Waals surface area contributed by atoms with Gasteiger partial charge < -0.3 is 5.73 Å². The molecule has 0 bridgehead atoms. The fourth-order valence-corrected chi connectivity index (χ4v) is 1.81. The van der Waals surface area contributed by atoms with Gasteiger partial charge in [0.1, 0.15) is 5.82 Å². The molecule has 0 fully saturated rings. The number of halogens is 1. The highest BCUT2D eigenvalue weighted by atomic mass is 32.1. The number of hydrogen-bond donors (Lipinski definition) is 1. The molecule has 1 aromatic carbocycles. The number of benzene rings is 1. The quantitative estimate of drug-likeness (QED) is 0.782. The molecule has 2 rings (SSSR count). The van der Waals surface area contributed by atoms with E-state index in [4.69, 9.17) is 5.73 Å². The van der Waals surface area contributed by atoms with Gasteiger partial charge in [-0.05, 0) is 19.1 Å². The van der Waals surface area contributed by atoms with Crippen molar-refractivity contribution in [1.82, 2.24) is 4.98 Å². The summed E-state index contributed by atoms with van der Waals surface area (Å²) >= 11 is 1.31. The zero-order valence-electron chi connectivity index (χ0n) is 7.62. The van der Waals surface area contributed by atoms with E-state index >= 15 is 0 Å². The first-order valence-corrected chi connectivity index (χ1v) is 5.02. The van der Waals surface area contributed by atoms with Crippen LogP contribution in [-0.2, 0) is 0 Å². The summed E-state index contributed by atoms with van der Waals surface area (Å²) in [6.45, 7) is 1.92. The molecule has 1 aromatic heterocycles.